The molecule has 0 aliphatic heterocycles. The van der Waals surface area contributed by atoms with Gasteiger partial charge in [0.25, 0.3) is 0 Å². The number of hydrogen-bond donors (Lipinski definition) is 1. The molecule has 2 bridgehead atoms. The van der Waals surface area contributed by atoms with Crippen molar-refractivity contribution in [2.75, 3.05) is 6.61 Å². The maximum absolute atomic E-state index is 13.5. The zero-order valence-electron chi connectivity index (χ0n) is 13.5. The molecule has 0 aromatic rings. The van der Waals surface area contributed by atoms with Gasteiger partial charge in [-0.1, -0.05) is 6.92 Å². The first kappa shape index (κ1) is 16.7. The number of ether oxygens (including phenoxy) is 1. The van der Waals surface area contributed by atoms with Crippen molar-refractivity contribution in [1.29, 1.82) is 0 Å². The Labute approximate surface area is 139 Å². The molecule has 1 spiro atoms. The third-order valence-electron chi connectivity index (χ3n) is 7.49. The summed E-state index contributed by atoms with van der Waals surface area (Å²) in [6.07, 6.45) is 4.93. The summed E-state index contributed by atoms with van der Waals surface area (Å²) < 4.78 is 62.4. The van der Waals surface area contributed by atoms with E-state index < -0.39 is 26.7 Å². The highest BCUT2D eigenvalue weighted by Gasteiger charge is 2.83. The van der Waals surface area contributed by atoms with Crippen LogP contribution >= 0.6 is 0 Å². The lowest BCUT2D eigenvalue weighted by Crippen LogP contribution is -2.69. The molecule has 0 saturated heterocycles. The van der Waals surface area contributed by atoms with Crippen molar-refractivity contribution in [1.82, 2.24) is 0 Å². The maximum Gasteiger partial charge on any atom is 0.372 e. The van der Waals surface area contributed by atoms with Crippen molar-refractivity contribution in [3.05, 3.63) is 0 Å². The molecule has 8 heteroatoms. The quantitative estimate of drug-likeness (QED) is 0.579. The summed E-state index contributed by atoms with van der Waals surface area (Å²) in [5.41, 5.74) is -0.281. The van der Waals surface area contributed by atoms with Crippen LogP contribution in [0.4, 0.5) is 8.78 Å². The average molecular weight is 364 g/mol. The number of carbonyl (C=O) groups excluding carboxylic acids is 1. The van der Waals surface area contributed by atoms with Crippen molar-refractivity contribution in [3.8, 4) is 0 Å². The minimum atomic E-state index is -5.46. The van der Waals surface area contributed by atoms with Gasteiger partial charge in [0, 0.05) is 5.92 Å². The summed E-state index contributed by atoms with van der Waals surface area (Å²) in [7, 11) is -5.46. The van der Waals surface area contributed by atoms with Crippen LogP contribution in [-0.4, -0.2) is 30.8 Å². The second kappa shape index (κ2) is 4.69. The molecule has 6 atom stereocenters. The van der Waals surface area contributed by atoms with E-state index in [9.17, 15) is 22.0 Å². The van der Waals surface area contributed by atoms with E-state index in [1.807, 2.05) is 0 Å². The second-order valence-corrected chi connectivity index (χ2v) is 9.82. The molecule has 4 rings (SSSR count). The average Bonchev–Trinajstić information content (AvgIpc) is 2.94. The first-order chi connectivity index (χ1) is 11.0. The van der Waals surface area contributed by atoms with Gasteiger partial charge in [0.1, 0.15) is 0 Å². The third-order valence-corrected chi connectivity index (χ3v) is 8.58. The molecule has 0 amide bonds. The molecule has 4 fully saturated rings. The van der Waals surface area contributed by atoms with Crippen LogP contribution in [0.2, 0.25) is 0 Å². The summed E-state index contributed by atoms with van der Waals surface area (Å²) in [5, 5.41) is -4.23. The fourth-order valence-corrected chi connectivity index (χ4v) is 7.06. The van der Waals surface area contributed by atoms with Crippen molar-refractivity contribution in [3.63, 3.8) is 0 Å². The fourth-order valence-electron chi connectivity index (χ4n) is 6.43. The smallest absolute Gasteiger partial charge is 0.372 e. The molecule has 0 heterocycles. The van der Waals surface area contributed by atoms with Crippen LogP contribution < -0.4 is 0 Å². The second-order valence-electron chi connectivity index (χ2n) is 8.33. The Morgan fingerprint density at radius 3 is 2.58 bits per heavy atom. The minimum Gasteiger partial charge on any atom is -0.465 e. The summed E-state index contributed by atoms with van der Waals surface area (Å²) >= 11 is 0. The number of hydrogen-bond acceptors (Lipinski definition) is 4. The summed E-state index contributed by atoms with van der Waals surface area (Å²) in [6, 6.07) is 0. The summed E-state index contributed by atoms with van der Waals surface area (Å²) in [6.45, 7) is 0.778. The van der Waals surface area contributed by atoms with Crippen LogP contribution in [0.5, 0.6) is 0 Å². The molecule has 0 aromatic carbocycles. The maximum atomic E-state index is 13.5. The number of esters is 1. The molecule has 0 radical (unpaired) electrons. The van der Waals surface area contributed by atoms with E-state index in [0.717, 1.165) is 26.2 Å². The Balaban J connectivity index is 1.36. The van der Waals surface area contributed by atoms with E-state index in [4.69, 9.17) is 9.29 Å². The topological polar surface area (TPSA) is 80.7 Å². The van der Waals surface area contributed by atoms with E-state index in [1.54, 1.807) is 0 Å². The molecular weight excluding hydrogens is 342 g/mol. The Hall–Kier alpha value is -0.760. The molecule has 6 unspecified atom stereocenters. The number of alkyl halides is 2. The molecule has 4 aliphatic carbocycles. The Morgan fingerprint density at radius 1 is 1.29 bits per heavy atom. The summed E-state index contributed by atoms with van der Waals surface area (Å²) in [5.74, 6) is -0.0527. The van der Waals surface area contributed by atoms with E-state index in [1.165, 1.54) is 12.8 Å². The van der Waals surface area contributed by atoms with Crippen LogP contribution in [0, 0.1) is 34.5 Å². The highest BCUT2D eigenvalue weighted by atomic mass is 32.2. The molecule has 0 aromatic heterocycles. The first-order valence-electron chi connectivity index (χ1n) is 8.56. The number of fused-ring (bicyclic) bond motifs is 1. The highest BCUT2D eigenvalue weighted by molar-refractivity contribution is 7.86. The van der Waals surface area contributed by atoms with Crippen LogP contribution in [0.1, 0.15) is 45.4 Å². The third kappa shape index (κ3) is 1.76. The number of rotatable bonds is 6. The van der Waals surface area contributed by atoms with Crippen LogP contribution in [0.3, 0.4) is 0 Å². The fraction of sp³-hybridized carbons (Fsp3) is 0.938. The normalized spacial score (nSPS) is 43.6. The van der Waals surface area contributed by atoms with Crippen LogP contribution in [0.25, 0.3) is 0 Å². The molecule has 24 heavy (non-hydrogen) atoms. The van der Waals surface area contributed by atoms with Crippen molar-refractivity contribution in [2.45, 2.75) is 50.7 Å². The van der Waals surface area contributed by atoms with Crippen LogP contribution in [-0.2, 0) is 19.6 Å². The standard InChI is InChI=1S/C16H22F2O5S/c1-9(16(17,18)24(20,21)22)2-3-23-13(19)14-6-10-4-11-5-12(8-14)15(11,14)7-10/h9-12H,2-8H2,1H3,(H,20,21,22). The molecule has 4 saturated carbocycles. The number of halogens is 2. The Kier molecular flexibility index (Phi) is 3.26. The highest BCUT2D eigenvalue weighted by Crippen LogP contribution is 2.86. The lowest BCUT2D eigenvalue weighted by Gasteiger charge is -2.71. The van der Waals surface area contributed by atoms with Gasteiger partial charge >= 0.3 is 21.3 Å². The van der Waals surface area contributed by atoms with Gasteiger partial charge in [-0.05, 0) is 61.7 Å². The van der Waals surface area contributed by atoms with Crippen molar-refractivity contribution >= 4 is 16.1 Å². The summed E-state index contributed by atoms with van der Waals surface area (Å²) in [4.78, 5) is 12.6. The molecule has 4 aliphatic rings. The van der Waals surface area contributed by atoms with E-state index in [0.29, 0.717) is 17.8 Å². The van der Waals surface area contributed by atoms with Gasteiger partial charge in [0.2, 0.25) is 0 Å². The van der Waals surface area contributed by atoms with Crippen LogP contribution in [0.15, 0.2) is 0 Å². The monoisotopic (exact) mass is 364 g/mol. The largest absolute Gasteiger partial charge is 0.465 e. The SMILES string of the molecule is CC(CCOC(=O)C12CC3CC4CC(C1)C42C3)C(F)(F)S(=O)(=O)O. The molecular formula is C16H22F2O5S. The molecule has 136 valence electrons. The van der Waals surface area contributed by atoms with Gasteiger partial charge in [-0.2, -0.15) is 17.2 Å². The predicted molar refractivity (Wildman–Crippen MR) is 79.7 cm³/mol. The van der Waals surface area contributed by atoms with Crippen molar-refractivity contribution < 1.29 is 31.3 Å². The van der Waals surface area contributed by atoms with Gasteiger partial charge in [-0.3, -0.25) is 9.35 Å². The zero-order valence-corrected chi connectivity index (χ0v) is 14.3. The molecule has 1 N–H and O–H groups in total. The Morgan fingerprint density at radius 2 is 2.00 bits per heavy atom. The van der Waals surface area contributed by atoms with Crippen molar-refractivity contribution in [2.24, 2.45) is 34.5 Å². The lowest BCUT2D eigenvalue weighted by molar-refractivity contribution is -0.251. The van der Waals surface area contributed by atoms with Gasteiger partial charge < -0.3 is 4.74 Å². The predicted octanol–water partition coefficient (Wildman–Crippen LogP) is 2.86. The van der Waals surface area contributed by atoms with E-state index >= 15 is 0 Å². The molecule has 5 nitrogen and oxygen atoms in total. The number of carbonyl (C=O) groups is 1. The lowest BCUT2D eigenvalue weighted by atomic mass is 9.32. The van der Waals surface area contributed by atoms with E-state index in [-0.39, 0.29) is 24.4 Å². The zero-order chi connectivity index (χ0) is 17.5. The van der Waals surface area contributed by atoms with Gasteiger partial charge in [0.15, 0.2) is 0 Å². The first-order valence-corrected chi connectivity index (χ1v) is 10.0. The van der Waals surface area contributed by atoms with Gasteiger partial charge in [0.05, 0.1) is 12.0 Å². The van der Waals surface area contributed by atoms with Gasteiger partial charge in [-0.15, -0.1) is 0 Å². The van der Waals surface area contributed by atoms with Gasteiger partial charge in [-0.25, -0.2) is 0 Å². The minimum absolute atomic E-state index is 0.124. The van der Waals surface area contributed by atoms with E-state index in [2.05, 4.69) is 0 Å². The Bertz CT molecular complexity index is 693.